The van der Waals surface area contributed by atoms with Crippen molar-refractivity contribution in [3.63, 3.8) is 0 Å². The van der Waals surface area contributed by atoms with Gasteiger partial charge in [0.2, 0.25) is 0 Å². The summed E-state index contributed by atoms with van der Waals surface area (Å²) < 4.78 is 0. The summed E-state index contributed by atoms with van der Waals surface area (Å²) >= 11 is 0. The van der Waals surface area contributed by atoms with Gasteiger partial charge < -0.3 is 10.0 Å². The summed E-state index contributed by atoms with van der Waals surface area (Å²) in [6.07, 6.45) is 0.901. The van der Waals surface area contributed by atoms with Crippen molar-refractivity contribution in [3.8, 4) is 0 Å². The first-order valence-electron chi connectivity index (χ1n) is 6.89. The Kier molecular flexibility index (Phi) is 5.17. The fourth-order valence-corrected chi connectivity index (χ4v) is 2.42. The van der Waals surface area contributed by atoms with Crippen LogP contribution in [0.4, 0.5) is 0 Å². The van der Waals surface area contributed by atoms with Gasteiger partial charge in [-0.25, -0.2) is 0 Å². The van der Waals surface area contributed by atoms with Crippen LogP contribution in [-0.2, 0) is 6.54 Å². The largest absolute Gasteiger partial charge is 0.396 e. The molecular weight excluding hydrogens is 224 g/mol. The molecule has 0 aromatic heterocycles. The average Bonchev–Trinajstić information content (AvgIpc) is 2.41. The van der Waals surface area contributed by atoms with Crippen molar-refractivity contribution in [2.75, 3.05) is 39.3 Å². The van der Waals surface area contributed by atoms with Crippen LogP contribution in [0.15, 0.2) is 24.3 Å². The highest BCUT2D eigenvalue weighted by Crippen LogP contribution is 2.09. The molecule has 3 heteroatoms. The summed E-state index contributed by atoms with van der Waals surface area (Å²) in [6, 6.07) is 8.83. The molecule has 0 saturated carbocycles. The van der Waals surface area contributed by atoms with Crippen LogP contribution in [0.3, 0.4) is 0 Å². The Balaban J connectivity index is 1.74. The first kappa shape index (κ1) is 13.5. The van der Waals surface area contributed by atoms with Crippen LogP contribution >= 0.6 is 0 Å². The first-order chi connectivity index (χ1) is 8.78. The van der Waals surface area contributed by atoms with Crippen LogP contribution in [0.1, 0.15) is 17.5 Å². The molecule has 1 saturated heterocycles. The second-order valence-corrected chi connectivity index (χ2v) is 5.18. The van der Waals surface area contributed by atoms with Crippen LogP contribution in [0.2, 0.25) is 0 Å². The lowest BCUT2D eigenvalue weighted by Crippen LogP contribution is -2.46. The second-order valence-electron chi connectivity index (χ2n) is 5.18. The zero-order valence-corrected chi connectivity index (χ0v) is 11.3. The third kappa shape index (κ3) is 4.09. The summed E-state index contributed by atoms with van der Waals surface area (Å²) in [4.78, 5) is 4.96. The Labute approximate surface area is 110 Å². The minimum Gasteiger partial charge on any atom is -0.396 e. The van der Waals surface area contributed by atoms with Gasteiger partial charge in [-0.1, -0.05) is 29.8 Å². The van der Waals surface area contributed by atoms with Crippen molar-refractivity contribution in [1.82, 2.24) is 9.80 Å². The quantitative estimate of drug-likeness (QED) is 0.855. The van der Waals surface area contributed by atoms with Crippen molar-refractivity contribution in [1.29, 1.82) is 0 Å². The van der Waals surface area contributed by atoms with Crippen LogP contribution in [0.25, 0.3) is 0 Å². The standard InChI is InChI=1S/C15H24N2O/c1-14-3-5-15(6-4-14)13-17-10-8-16(9-11-17)7-2-12-18/h3-6,18H,2,7-13H2,1H3. The molecule has 0 radical (unpaired) electrons. The molecule has 0 bridgehead atoms. The van der Waals surface area contributed by atoms with Crippen molar-refractivity contribution in [2.45, 2.75) is 19.9 Å². The lowest BCUT2D eigenvalue weighted by atomic mass is 10.1. The molecule has 0 amide bonds. The Hall–Kier alpha value is -0.900. The zero-order valence-electron chi connectivity index (χ0n) is 11.3. The van der Waals surface area contributed by atoms with E-state index in [1.54, 1.807) is 0 Å². The Bertz CT molecular complexity index is 342. The molecular formula is C15H24N2O. The van der Waals surface area contributed by atoms with Gasteiger partial charge in [-0.3, -0.25) is 4.90 Å². The number of hydrogen-bond donors (Lipinski definition) is 1. The van der Waals surface area contributed by atoms with Crippen LogP contribution in [-0.4, -0.2) is 54.2 Å². The van der Waals surface area contributed by atoms with Gasteiger partial charge in [0, 0.05) is 45.9 Å². The van der Waals surface area contributed by atoms with E-state index in [1.807, 2.05) is 0 Å². The summed E-state index contributed by atoms with van der Waals surface area (Å²) in [7, 11) is 0. The van der Waals surface area contributed by atoms with E-state index >= 15 is 0 Å². The maximum atomic E-state index is 8.83. The minimum absolute atomic E-state index is 0.309. The number of piperazine rings is 1. The number of hydrogen-bond acceptors (Lipinski definition) is 3. The normalized spacial score (nSPS) is 18.1. The lowest BCUT2D eigenvalue weighted by molar-refractivity contribution is 0.120. The Morgan fingerprint density at radius 2 is 1.61 bits per heavy atom. The highest BCUT2D eigenvalue weighted by Gasteiger charge is 2.16. The predicted molar refractivity (Wildman–Crippen MR) is 74.6 cm³/mol. The van der Waals surface area contributed by atoms with Crippen LogP contribution < -0.4 is 0 Å². The third-order valence-corrected chi connectivity index (χ3v) is 3.62. The monoisotopic (exact) mass is 248 g/mol. The van der Waals surface area contributed by atoms with E-state index in [-0.39, 0.29) is 0 Å². The molecule has 1 aliphatic heterocycles. The molecule has 1 N–H and O–H groups in total. The smallest absolute Gasteiger partial charge is 0.0443 e. The maximum absolute atomic E-state index is 8.83. The molecule has 1 aliphatic rings. The number of rotatable bonds is 5. The molecule has 1 fully saturated rings. The zero-order chi connectivity index (χ0) is 12.8. The highest BCUT2D eigenvalue weighted by atomic mass is 16.3. The van der Waals surface area contributed by atoms with Gasteiger partial charge in [0.1, 0.15) is 0 Å². The van der Waals surface area contributed by atoms with E-state index in [1.165, 1.54) is 11.1 Å². The van der Waals surface area contributed by atoms with Gasteiger partial charge >= 0.3 is 0 Å². The lowest BCUT2D eigenvalue weighted by Gasteiger charge is -2.34. The van der Waals surface area contributed by atoms with Crippen molar-refractivity contribution in [2.24, 2.45) is 0 Å². The molecule has 0 atom stereocenters. The molecule has 1 aromatic carbocycles. The number of benzene rings is 1. The van der Waals surface area contributed by atoms with Gasteiger partial charge in [-0.15, -0.1) is 0 Å². The van der Waals surface area contributed by atoms with Gasteiger partial charge in [0.05, 0.1) is 0 Å². The van der Waals surface area contributed by atoms with E-state index in [9.17, 15) is 0 Å². The summed E-state index contributed by atoms with van der Waals surface area (Å²) in [5.41, 5.74) is 2.73. The second kappa shape index (κ2) is 6.88. The minimum atomic E-state index is 0.309. The fraction of sp³-hybridized carbons (Fsp3) is 0.600. The number of aliphatic hydroxyl groups is 1. The Morgan fingerprint density at radius 1 is 1.00 bits per heavy atom. The molecule has 0 aliphatic carbocycles. The molecule has 1 heterocycles. The SMILES string of the molecule is Cc1ccc(CN2CCN(CCCO)CC2)cc1. The van der Waals surface area contributed by atoms with E-state index in [2.05, 4.69) is 41.0 Å². The number of aryl methyl sites for hydroxylation is 1. The molecule has 18 heavy (non-hydrogen) atoms. The summed E-state index contributed by atoms with van der Waals surface area (Å²) in [5.74, 6) is 0. The van der Waals surface area contributed by atoms with Crippen LogP contribution in [0.5, 0.6) is 0 Å². The van der Waals surface area contributed by atoms with Crippen molar-refractivity contribution < 1.29 is 5.11 Å². The van der Waals surface area contributed by atoms with Gasteiger partial charge in [0.25, 0.3) is 0 Å². The van der Waals surface area contributed by atoms with E-state index < -0.39 is 0 Å². The first-order valence-corrected chi connectivity index (χ1v) is 6.89. The topological polar surface area (TPSA) is 26.7 Å². The van der Waals surface area contributed by atoms with E-state index in [0.29, 0.717) is 6.61 Å². The molecule has 0 spiro atoms. The molecule has 3 nitrogen and oxygen atoms in total. The predicted octanol–water partition coefficient (Wildman–Crippen LogP) is 1.50. The molecule has 2 rings (SSSR count). The highest BCUT2D eigenvalue weighted by molar-refractivity contribution is 5.21. The summed E-state index contributed by atoms with van der Waals surface area (Å²) in [5, 5.41) is 8.83. The van der Waals surface area contributed by atoms with Gasteiger partial charge in [-0.05, 0) is 18.9 Å². The molecule has 0 unspecified atom stereocenters. The van der Waals surface area contributed by atoms with E-state index in [0.717, 1.165) is 45.7 Å². The number of nitrogens with zero attached hydrogens (tertiary/aromatic N) is 2. The maximum Gasteiger partial charge on any atom is 0.0443 e. The van der Waals surface area contributed by atoms with Crippen LogP contribution in [0, 0.1) is 6.92 Å². The number of aliphatic hydroxyl groups excluding tert-OH is 1. The molecule has 100 valence electrons. The van der Waals surface area contributed by atoms with Crippen molar-refractivity contribution in [3.05, 3.63) is 35.4 Å². The fourth-order valence-electron chi connectivity index (χ4n) is 2.42. The summed E-state index contributed by atoms with van der Waals surface area (Å²) in [6.45, 7) is 9.08. The third-order valence-electron chi connectivity index (χ3n) is 3.62. The molecule has 1 aromatic rings. The van der Waals surface area contributed by atoms with E-state index in [4.69, 9.17) is 5.11 Å². The van der Waals surface area contributed by atoms with Crippen molar-refractivity contribution >= 4 is 0 Å². The van der Waals surface area contributed by atoms with Gasteiger partial charge in [-0.2, -0.15) is 0 Å². The Morgan fingerprint density at radius 3 is 2.22 bits per heavy atom. The average molecular weight is 248 g/mol. The van der Waals surface area contributed by atoms with Gasteiger partial charge in [0.15, 0.2) is 0 Å².